The fourth-order valence-corrected chi connectivity index (χ4v) is 2.38. The van der Waals surface area contributed by atoms with E-state index in [1.807, 2.05) is 6.08 Å². The van der Waals surface area contributed by atoms with Crippen LogP contribution in [-0.2, 0) is 14.2 Å². The third kappa shape index (κ3) is 6.86. The summed E-state index contributed by atoms with van der Waals surface area (Å²) < 4.78 is 15.5. The van der Waals surface area contributed by atoms with E-state index in [1.54, 1.807) is 53.7 Å². The van der Waals surface area contributed by atoms with Crippen LogP contribution in [0, 0.1) is 5.92 Å². The molecule has 0 aliphatic heterocycles. The zero-order valence-corrected chi connectivity index (χ0v) is 18.6. The van der Waals surface area contributed by atoms with E-state index in [9.17, 15) is 14.4 Å². The van der Waals surface area contributed by atoms with Gasteiger partial charge in [0.2, 0.25) is 0 Å². The smallest absolute Gasteiger partial charge is 0.425 e. The third-order valence-electron chi connectivity index (χ3n) is 3.84. The topological polar surface area (TPSA) is 95.0 Å². The van der Waals surface area contributed by atoms with Gasteiger partial charge in [-0.05, 0) is 72.4 Å². The summed E-state index contributed by atoms with van der Waals surface area (Å²) in [4.78, 5) is 42.8. The van der Waals surface area contributed by atoms with Crippen molar-refractivity contribution < 1.29 is 28.6 Å². The molecule has 0 bridgehead atoms. The number of methoxy groups -OCH3 is 1. The van der Waals surface area contributed by atoms with E-state index in [0.717, 1.165) is 12.8 Å². The maximum Gasteiger partial charge on any atom is 0.425 e. The van der Waals surface area contributed by atoms with Gasteiger partial charge in [-0.3, -0.25) is 0 Å². The van der Waals surface area contributed by atoms with Crippen LogP contribution >= 0.6 is 0 Å². The van der Waals surface area contributed by atoms with E-state index in [0.29, 0.717) is 16.4 Å². The number of nitrogens with zero attached hydrogens (tertiary/aromatic N) is 2. The largest absolute Gasteiger partial charge is 0.464 e. The van der Waals surface area contributed by atoms with Crippen LogP contribution in [0.2, 0.25) is 0 Å². The molecular formula is C22H30N2O6. The second kappa shape index (κ2) is 8.85. The molecule has 8 heteroatoms. The van der Waals surface area contributed by atoms with Crippen LogP contribution in [0.3, 0.4) is 0 Å². The van der Waals surface area contributed by atoms with Crippen LogP contribution in [0.25, 0.3) is 6.08 Å². The highest BCUT2D eigenvalue weighted by molar-refractivity contribution is 6.09. The summed E-state index contributed by atoms with van der Waals surface area (Å²) >= 11 is 0. The van der Waals surface area contributed by atoms with Crippen molar-refractivity contribution >= 4 is 30.0 Å². The van der Waals surface area contributed by atoms with Gasteiger partial charge in [-0.15, -0.1) is 0 Å². The minimum atomic E-state index is -0.957. The summed E-state index contributed by atoms with van der Waals surface area (Å²) in [6.07, 6.45) is 4.11. The van der Waals surface area contributed by atoms with Gasteiger partial charge >= 0.3 is 18.2 Å². The molecule has 1 aromatic rings. The molecule has 1 heterocycles. The molecule has 1 aliphatic rings. The van der Waals surface area contributed by atoms with Crippen molar-refractivity contribution in [1.29, 1.82) is 0 Å². The molecule has 0 spiro atoms. The average Bonchev–Trinajstić information content (AvgIpc) is 3.41. The average molecular weight is 418 g/mol. The van der Waals surface area contributed by atoms with Crippen molar-refractivity contribution in [3.05, 3.63) is 29.5 Å². The van der Waals surface area contributed by atoms with Gasteiger partial charge in [0.1, 0.15) is 17.0 Å². The van der Waals surface area contributed by atoms with Crippen LogP contribution in [-0.4, -0.2) is 41.5 Å². The summed E-state index contributed by atoms with van der Waals surface area (Å²) in [6.45, 7) is 10.1. The molecule has 0 radical (unpaired) electrons. The van der Waals surface area contributed by atoms with Gasteiger partial charge in [-0.1, -0.05) is 12.2 Å². The number of amides is 2. The van der Waals surface area contributed by atoms with Crippen LogP contribution < -0.4 is 4.90 Å². The van der Waals surface area contributed by atoms with E-state index in [-0.39, 0.29) is 11.5 Å². The van der Waals surface area contributed by atoms with Crippen molar-refractivity contribution in [3.63, 3.8) is 0 Å². The quantitative estimate of drug-likeness (QED) is 0.503. The molecule has 1 saturated carbocycles. The molecular weight excluding hydrogens is 388 g/mol. The molecule has 2 rings (SSSR count). The number of pyridine rings is 1. The third-order valence-corrected chi connectivity index (χ3v) is 3.84. The molecule has 164 valence electrons. The number of allylic oxidation sites excluding steroid dienone is 1. The van der Waals surface area contributed by atoms with Crippen LogP contribution in [0.1, 0.15) is 70.4 Å². The summed E-state index contributed by atoms with van der Waals surface area (Å²) in [5.74, 6) is -0.279. The maximum atomic E-state index is 12.8. The first-order valence-electron chi connectivity index (χ1n) is 9.84. The summed E-state index contributed by atoms with van der Waals surface area (Å²) in [7, 11) is 1.24. The van der Waals surface area contributed by atoms with Crippen LogP contribution in [0.4, 0.5) is 15.4 Å². The molecule has 0 saturated heterocycles. The molecule has 30 heavy (non-hydrogen) atoms. The highest BCUT2D eigenvalue weighted by Gasteiger charge is 2.34. The van der Waals surface area contributed by atoms with Gasteiger partial charge in [0.25, 0.3) is 0 Å². The molecule has 0 atom stereocenters. The lowest BCUT2D eigenvalue weighted by molar-refractivity contribution is 0.0426. The van der Waals surface area contributed by atoms with Crippen LogP contribution in [0.15, 0.2) is 18.2 Å². The second-order valence-corrected chi connectivity index (χ2v) is 9.09. The number of hydrogen-bond donors (Lipinski definition) is 0. The highest BCUT2D eigenvalue weighted by atomic mass is 16.6. The van der Waals surface area contributed by atoms with Crippen molar-refractivity contribution in [1.82, 2.24) is 4.98 Å². The Morgan fingerprint density at radius 1 is 1.00 bits per heavy atom. The number of carbonyl (C=O) groups excluding carboxylic acids is 3. The van der Waals surface area contributed by atoms with E-state index < -0.39 is 29.4 Å². The van der Waals surface area contributed by atoms with Crippen molar-refractivity contribution in [2.45, 2.75) is 65.6 Å². The van der Waals surface area contributed by atoms with Crippen molar-refractivity contribution in [3.8, 4) is 0 Å². The summed E-state index contributed by atoms with van der Waals surface area (Å²) in [5, 5.41) is 0. The Balaban J connectivity index is 2.48. The Hall–Kier alpha value is -2.90. The molecule has 1 aliphatic carbocycles. The molecule has 1 fully saturated rings. The molecule has 1 aromatic heterocycles. The number of imide groups is 1. The first kappa shape index (κ1) is 23.4. The van der Waals surface area contributed by atoms with Crippen LogP contribution in [0.5, 0.6) is 0 Å². The number of ether oxygens (including phenoxy) is 3. The maximum absolute atomic E-state index is 12.8. The van der Waals surface area contributed by atoms with Gasteiger partial charge in [0.05, 0.1) is 7.11 Å². The molecule has 0 unspecified atom stereocenters. The van der Waals surface area contributed by atoms with E-state index in [4.69, 9.17) is 14.2 Å². The molecule has 0 aromatic carbocycles. The van der Waals surface area contributed by atoms with Gasteiger partial charge in [-0.2, -0.15) is 4.90 Å². The number of esters is 1. The number of aromatic nitrogens is 1. The lowest BCUT2D eigenvalue weighted by Gasteiger charge is -2.28. The Labute approximate surface area is 177 Å². The SMILES string of the molecule is COC(=O)c1nc(N(C(=O)OC(C)(C)C)C(=O)OC(C)(C)C)ccc1/C=C/C1CC1. The standard InChI is InChI=1S/C22H30N2O6/c1-21(2,3)29-19(26)24(20(27)30-22(4,5)6)16-13-12-15(11-10-14-8-9-14)17(23-16)18(25)28-7/h10-14H,8-9H2,1-7H3/b11-10+. The monoisotopic (exact) mass is 418 g/mol. The molecule has 2 amide bonds. The Kier molecular flexibility index (Phi) is 6.90. The van der Waals surface area contributed by atoms with E-state index in [1.165, 1.54) is 13.2 Å². The molecule has 0 N–H and O–H groups in total. The van der Waals surface area contributed by atoms with Gasteiger partial charge in [0, 0.05) is 5.56 Å². The van der Waals surface area contributed by atoms with E-state index >= 15 is 0 Å². The summed E-state index contributed by atoms with van der Waals surface area (Å²) in [6, 6.07) is 3.07. The van der Waals surface area contributed by atoms with Crippen molar-refractivity contribution in [2.24, 2.45) is 5.92 Å². The fourth-order valence-electron chi connectivity index (χ4n) is 2.38. The lowest BCUT2D eigenvalue weighted by atomic mass is 10.1. The van der Waals surface area contributed by atoms with Crippen molar-refractivity contribution in [2.75, 3.05) is 12.0 Å². The zero-order chi connectivity index (χ0) is 22.7. The minimum absolute atomic E-state index is 0.0102. The Bertz CT molecular complexity index is 816. The Morgan fingerprint density at radius 3 is 1.97 bits per heavy atom. The highest BCUT2D eigenvalue weighted by Crippen LogP contribution is 2.31. The van der Waals surface area contributed by atoms with Gasteiger partial charge in [-0.25, -0.2) is 19.4 Å². The zero-order valence-electron chi connectivity index (χ0n) is 18.6. The number of rotatable bonds is 4. The number of carbonyl (C=O) groups is 3. The predicted octanol–water partition coefficient (Wildman–Crippen LogP) is 4.97. The first-order valence-corrected chi connectivity index (χ1v) is 9.84. The van der Waals surface area contributed by atoms with Gasteiger partial charge < -0.3 is 14.2 Å². The number of anilines is 1. The molecule has 8 nitrogen and oxygen atoms in total. The van der Waals surface area contributed by atoms with E-state index in [2.05, 4.69) is 4.98 Å². The predicted molar refractivity (Wildman–Crippen MR) is 112 cm³/mol. The summed E-state index contributed by atoms with van der Waals surface area (Å²) in [5.41, 5.74) is -1.18. The number of hydrogen-bond acceptors (Lipinski definition) is 7. The first-order chi connectivity index (χ1) is 13.8. The second-order valence-electron chi connectivity index (χ2n) is 9.09. The minimum Gasteiger partial charge on any atom is -0.464 e. The van der Waals surface area contributed by atoms with Gasteiger partial charge in [0.15, 0.2) is 5.69 Å². The normalized spacial score (nSPS) is 14.4. The Morgan fingerprint density at radius 2 is 1.53 bits per heavy atom. The lowest BCUT2D eigenvalue weighted by Crippen LogP contribution is -2.44. The fraction of sp³-hybridized carbons (Fsp3) is 0.545.